The van der Waals surface area contributed by atoms with Crippen LogP contribution in [0.25, 0.3) is 0 Å². The molecule has 188 valence electrons. The molecule has 7 rings (SSSR count). The average Bonchev–Trinajstić information content (AvgIpc) is 3.61. The van der Waals surface area contributed by atoms with Gasteiger partial charge in [0.1, 0.15) is 17.8 Å². The Hall–Kier alpha value is -4.00. The van der Waals surface area contributed by atoms with Crippen LogP contribution in [0, 0.1) is 0 Å². The van der Waals surface area contributed by atoms with Gasteiger partial charge in [-0.2, -0.15) is 0 Å². The minimum absolute atomic E-state index is 0.0385. The lowest BCUT2D eigenvalue weighted by molar-refractivity contribution is -0.122. The highest BCUT2D eigenvalue weighted by Gasteiger charge is 2.57. The van der Waals surface area contributed by atoms with Crippen molar-refractivity contribution in [2.45, 2.75) is 50.1 Å². The van der Waals surface area contributed by atoms with E-state index < -0.39 is 5.41 Å². The summed E-state index contributed by atoms with van der Waals surface area (Å²) in [5, 5.41) is 3.19. The number of nitrogens with one attached hydrogen (secondary N) is 1. The maximum absolute atomic E-state index is 14.2. The first-order valence-corrected chi connectivity index (χ1v) is 13.0. The van der Waals surface area contributed by atoms with Crippen molar-refractivity contribution in [3.05, 3.63) is 82.9 Å². The first-order chi connectivity index (χ1) is 18.1. The number of ether oxygens (including phenoxy) is 3. The normalized spacial score (nSPS) is 21.6. The van der Waals surface area contributed by atoms with Gasteiger partial charge in [-0.25, -0.2) is 0 Å². The number of carbonyl (C=O) groups excluding carboxylic acids is 2. The Morgan fingerprint density at radius 1 is 0.892 bits per heavy atom. The molecule has 0 bridgehead atoms. The Morgan fingerprint density at radius 3 is 2.57 bits per heavy atom. The fourth-order valence-electron chi connectivity index (χ4n) is 6.23. The maximum atomic E-state index is 14.2. The standard InChI is InChI=1S/C30H28N2O5/c33-28(31-21-9-2-1-3-10-21)20-8-6-7-19(13-20)16-32-24-12-5-4-11-22(24)30(29(32)34)17-35-25-15-27-26(14-23(25)30)36-18-37-27/h4-8,11-15,21H,1-3,9-10,16-18H2,(H,31,33). The smallest absolute Gasteiger partial charge is 0.251 e. The molecule has 0 radical (unpaired) electrons. The highest BCUT2D eigenvalue weighted by molar-refractivity contribution is 6.11. The number of rotatable bonds is 4. The minimum atomic E-state index is -0.942. The summed E-state index contributed by atoms with van der Waals surface area (Å²) in [6.45, 7) is 0.746. The van der Waals surface area contributed by atoms with Crippen molar-refractivity contribution in [2.24, 2.45) is 0 Å². The zero-order valence-electron chi connectivity index (χ0n) is 20.5. The van der Waals surface area contributed by atoms with E-state index in [1.165, 1.54) is 6.42 Å². The molecule has 0 aromatic heterocycles. The lowest BCUT2D eigenvalue weighted by Gasteiger charge is -2.24. The fourth-order valence-corrected chi connectivity index (χ4v) is 6.23. The monoisotopic (exact) mass is 496 g/mol. The maximum Gasteiger partial charge on any atom is 0.251 e. The highest BCUT2D eigenvalue weighted by Crippen LogP contribution is 2.55. The van der Waals surface area contributed by atoms with Crippen LogP contribution in [0.5, 0.6) is 17.2 Å². The lowest BCUT2D eigenvalue weighted by Crippen LogP contribution is -2.42. The van der Waals surface area contributed by atoms with Crippen LogP contribution in [-0.2, 0) is 16.8 Å². The highest BCUT2D eigenvalue weighted by atomic mass is 16.7. The van der Waals surface area contributed by atoms with Gasteiger partial charge < -0.3 is 24.4 Å². The van der Waals surface area contributed by atoms with Gasteiger partial charge in [-0.05, 0) is 48.2 Å². The van der Waals surface area contributed by atoms with Crippen molar-refractivity contribution >= 4 is 17.5 Å². The molecular weight excluding hydrogens is 468 g/mol. The molecule has 1 spiro atoms. The molecule has 0 saturated heterocycles. The third-order valence-corrected chi connectivity index (χ3v) is 8.11. The minimum Gasteiger partial charge on any atom is -0.491 e. The molecule has 4 aliphatic rings. The molecular formula is C30H28N2O5. The van der Waals surface area contributed by atoms with Crippen molar-refractivity contribution in [1.29, 1.82) is 0 Å². The van der Waals surface area contributed by atoms with Gasteiger partial charge in [0.2, 0.25) is 12.7 Å². The number of amides is 2. The molecule has 1 saturated carbocycles. The van der Waals surface area contributed by atoms with Crippen molar-refractivity contribution in [1.82, 2.24) is 5.32 Å². The molecule has 7 heteroatoms. The van der Waals surface area contributed by atoms with Gasteiger partial charge in [0.15, 0.2) is 11.5 Å². The lowest BCUT2D eigenvalue weighted by atomic mass is 9.77. The number of hydrogen-bond acceptors (Lipinski definition) is 5. The number of carbonyl (C=O) groups is 2. The molecule has 1 atom stereocenters. The van der Waals surface area contributed by atoms with E-state index in [1.807, 2.05) is 65.6 Å². The molecule has 1 unspecified atom stereocenters. The Morgan fingerprint density at radius 2 is 1.70 bits per heavy atom. The van der Waals surface area contributed by atoms with E-state index in [-0.39, 0.29) is 31.3 Å². The quantitative estimate of drug-likeness (QED) is 0.567. The summed E-state index contributed by atoms with van der Waals surface area (Å²) in [5.74, 6) is 1.82. The SMILES string of the molecule is O=C(NC1CCCCC1)c1cccc(CN2C(=O)C3(COc4cc5c(cc43)OCO5)c3ccccc32)c1. The summed E-state index contributed by atoms with van der Waals surface area (Å²) < 4.78 is 17.2. The number of hydrogen-bond donors (Lipinski definition) is 1. The Balaban J connectivity index is 1.20. The van der Waals surface area contributed by atoms with Crippen LogP contribution in [0.2, 0.25) is 0 Å². The molecule has 3 aliphatic heterocycles. The zero-order chi connectivity index (χ0) is 25.0. The van der Waals surface area contributed by atoms with Gasteiger partial charge in [-0.15, -0.1) is 0 Å². The van der Waals surface area contributed by atoms with Crippen LogP contribution in [0.4, 0.5) is 5.69 Å². The van der Waals surface area contributed by atoms with Crippen LogP contribution in [0.1, 0.15) is 59.2 Å². The van der Waals surface area contributed by atoms with Gasteiger partial charge in [-0.3, -0.25) is 9.59 Å². The van der Waals surface area contributed by atoms with Gasteiger partial charge in [-0.1, -0.05) is 49.6 Å². The van der Waals surface area contributed by atoms with Crippen LogP contribution in [0.15, 0.2) is 60.7 Å². The van der Waals surface area contributed by atoms with E-state index in [4.69, 9.17) is 14.2 Å². The predicted octanol–water partition coefficient (Wildman–Crippen LogP) is 4.70. The average molecular weight is 497 g/mol. The third-order valence-electron chi connectivity index (χ3n) is 8.11. The Labute approximate surface area is 215 Å². The van der Waals surface area contributed by atoms with E-state index in [0.717, 1.165) is 48.1 Å². The van der Waals surface area contributed by atoms with Crippen LogP contribution >= 0.6 is 0 Å². The van der Waals surface area contributed by atoms with E-state index in [2.05, 4.69) is 5.32 Å². The predicted molar refractivity (Wildman–Crippen MR) is 137 cm³/mol. The van der Waals surface area contributed by atoms with Crippen molar-refractivity contribution in [3.63, 3.8) is 0 Å². The second kappa shape index (κ2) is 8.54. The first-order valence-electron chi connectivity index (χ1n) is 13.0. The molecule has 1 fully saturated rings. The summed E-state index contributed by atoms with van der Waals surface area (Å²) in [6.07, 6.45) is 5.65. The van der Waals surface area contributed by atoms with E-state index in [9.17, 15) is 9.59 Å². The van der Waals surface area contributed by atoms with Crippen LogP contribution in [-0.4, -0.2) is 31.3 Å². The molecule has 1 aliphatic carbocycles. The topological polar surface area (TPSA) is 77.1 Å². The fraction of sp³-hybridized carbons (Fsp3) is 0.333. The largest absolute Gasteiger partial charge is 0.491 e. The third kappa shape index (κ3) is 3.48. The molecule has 1 N–H and O–H groups in total. The number of para-hydroxylation sites is 1. The second-order valence-corrected chi connectivity index (χ2v) is 10.3. The van der Waals surface area contributed by atoms with Crippen molar-refractivity contribution in [2.75, 3.05) is 18.3 Å². The Kier molecular flexibility index (Phi) is 5.13. The molecule has 2 amide bonds. The van der Waals surface area contributed by atoms with Gasteiger partial charge in [0, 0.05) is 28.9 Å². The van der Waals surface area contributed by atoms with Crippen LogP contribution < -0.4 is 24.4 Å². The Bertz CT molecular complexity index is 1410. The summed E-state index contributed by atoms with van der Waals surface area (Å²) in [6, 6.07) is 19.4. The molecule has 7 nitrogen and oxygen atoms in total. The number of anilines is 1. The van der Waals surface area contributed by atoms with E-state index in [0.29, 0.717) is 29.4 Å². The van der Waals surface area contributed by atoms with Gasteiger partial charge in [0.25, 0.3) is 5.91 Å². The summed E-state index contributed by atoms with van der Waals surface area (Å²) in [5.41, 5.74) is 3.17. The molecule has 3 aromatic carbocycles. The van der Waals surface area contributed by atoms with Crippen molar-refractivity contribution < 1.29 is 23.8 Å². The van der Waals surface area contributed by atoms with E-state index >= 15 is 0 Å². The van der Waals surface area contributed by atoms with Gasteiger partial charge in [0.05, 0.1) is 6.54 Å². The second-order valence-electron chi connectivity index (χ2n) is 10.3. The number of fused-ring (bicyclic) bond motifs is 5. The van der Waals surface area contributed by atoms with Crippen molar-refractivity contribution in [3.8, 4) is 17.2 Å². The van der Waals surface area contributed by atoms with E-state index in [1.54, 1.807) is 0 Å². The molecule has 3 heterocycles. The van der Waals surface area contributed by atoms with Crippen LogP contribution in [0.3, 0.4) is 0 Å². The summed E-state index contributed by atoms with van der Waals surface area (Å²) in [7, 11) is 0. The summed E-state index contributed by atoms with van der Waals surface area (Å²) in [4.78, 5) is 29.0. The number of nitrogens with zero attached hydrogens (tertiary/aromatic N) is 1. The summed E-state index contributed by atoms with van der Waals surface area (Å²) >= 11 is 0. The molecule has 37 heavy (non-hydrogen) atoms. The first kappa shape index (κ1) is 22.2. The number of benzene rings is 3. The molecule has 3 aromatic rings. The van der Waals surface area contributed by atoms with Gasteiger partial charge >= 0.3 is 0 Å². The zero-order valence-corrected chi connectivity index (χ0v) is 20.5.